The molecule has 18 heavy (non-hydrogen) atoms. The molecule has 0 aromatic carbocycles. The fourth-order valence-corrected chi connectivity index (χ4v) is 2.10. The molecule has 0 saturated carbocycles. The van der Waals surface area contributed by atoms with E-state index in [9.17, 15) is 0 Å². The van der Waals surface area contributed by atoms with Gasteiger partial charge < -0.3 is 15.5 Å². The summed E-state index contributed by atoms with van der Waals surface area (Å²) in [5.41, 5.74) is 0. The normalized spacial score (nSPS) is 18.7. The second-order valence-corrected chi connectivity index (χ2v) is 4.95. The topological polar surface area (TPSA) is 39.7 Å². The minimum atomic E-state index is 0.757. The van der Waals surface area contributed by atoms with Crippen molar-refractivity contribution >= 4 is 5.96 Å². The van der Waals surface area contributed by atoms with Gasteiger partial charge in [0.1, 0.15) is 0 Å². The van der Waals surface area contributed by atoms with Crippen molar-refractivity contribution in [3.8, 4) is 0 Å². The van der Waals surface area contributed by atoms with E-state index in [1.807, 2.05) is 6.08 Å². The molecule has 0 radical (unpaired) electrons. The summed E-state index contributed by atoms with van der Waals surface area (Å²) in [4.78, 5) is 7.08. The van der Waals surface area contributed by atoms with Crippen LogP contribution in [0.4, 0.5) is 0 Å². The Morgan fingerprint density at radius 3 is 2.72 bits per heavy atom. The quantitative estimate of drug-likeness (QED) is 0.427. The van der Waals surface area contributed by atoms with Crippen LogP contribution >= 0.6 is 0 Å². The molecule has 2 N–H and O–H groups in total. The molecule has 1 saturated heterocycles. The molecule has 0 aliphatic carbocycles. The number of nitrogens with one attached hydrogen (secondary N) is 2. The first kappa shape index (κ1) is 15.0. The predicted molar refractivity (Wildman–Crippen MR) is 79.0 cm³/mol. The van der Waals surface area contributed by atoms with Gasteiger partial charge in [-0.3, -0.25) is 4.99 Å². The van der Waals surface area contributed by atoms with Gasteiger partial charge in [0.15, 0.2) is 5.96 Å². The van der Waals surface area contributed by atoms with Crippen LogP contribution < -0.4 is 10.6 Å². The molecule has 0 bridgehead atoms. The molecule has 104 valence electrons. The number of rotatable bonds is 6. The van der Waals surface area contributed by atoms with Crippen LogP contribution in [0.25, 0.3) is 0 Å². The summed E-state index contributed by atoms with van der Waals surface area (Å²) in [5, 5.41) is 6.45. The number of nitrogens with zero attached hydrogens (tertiary/aromatic N) is 2. The third-order valence-electron chi connectivity index (χ3n) is 3.32. The summed E-state index contributed by atoms with van der Waals surface area (Å²) in [6.07, 6.45) is 4.51. The van der Waals surface area contributed by atoms with E-state index < -0.39 is 0 Å². The van der Waals surface area contributed by atoms with Gasteiger partial charge in [0.05, 0.1) is 6.54 Å². The Labute approximate surface area is 112 Å². The van der Waals surface area contributed by atoms with Gasteiger partial charge in [-0.15, -0.1) is 6.58 Å². The van der Waals surface area contributed by atoms with E-state index in [4.69, 9.17) is 0 Å². The van der Waals surface area contributed by atoms with Gasteiger partial charge in [0, 0.05) is 19.6 Å². The monoisotopic (exact) mass is 252 g/mol. The summed E-state index contributed by atoms with van der Waals surface area (Å²) in [6.45, 7) is 14.2. The predicted octanol–water partition coefficient (Wildman–Crippen LogP) is 1.46. The SMILES string of the molecule is C=CCNC(=NCCN1CCC(C)CC1)NCC. The molecule has 0 aromatic heterocycles. The zero-order valence-corrected chi connectivity index (χ0v) is 11.9. The van der Waals surface area contributed by atoms with Crippen LogP contribution in [0.2, 0.25) is 0 Å². The Bertz CT molecular complexity index is 255. The molecule has 0 spiro atoms. The largest absolute Gasteiger partial charge is 0.357 e. The smallest absolute Gasteiger partial charge is 0.191 e. The maximum atomic E-state index is 4.57. The lowest BCUT2D eigenvalue weighted by molar-refractivity contribution is 0.197. The molecule has 1 aliphatic heterocycles. The van der Waals surface area contributed by atoms with Crippen molar-refractivity contribution in [2.24, 2.45) is 10.9 Å². The van der Waals surface area contributed by atoms with Crippen molar-refractivity contribution in [3.05, 3.63) is 12.7 Å². The third-order valence-corrected chi connectivity index (χ3v) is 3.32. The van der Waals surface area contributed by atoms with E-state index >= 15 is 0 Å². The number of guanidine groups is 1. The van der Waals surface area contributed by atoms with Crippen molar-refractivity contribution < 1.29 is 0 Å². The van der Waals surface area contributed by atoms with Gasteiger partial charge in [0.2, 0.25) is 0 Å². The molecule has 0 aromatic rings. The van der Waals surface area contributed by atoms with Gasteiger partial charge in [-0.2, -0.15) is 0 Å². The summed E-state index contributed by atoms with van der Waals surface area (Å²) in [6, 6.07) is 0. The van der Waals surface area contributed by atoms with Crippen LogP contribution in [0.3, 0.4) is 0 Å². The lowest BCUT2D eigenvalue weighted by atomic mass is 9.99. The average Bonchev–Trinajstić information content (AvgIpc) is 2.38. The van der Waals surface area contributed by atoms with Crippen LogP contribution in [-0.4, -0.2) is 50.1 Å². The molecule has 0 atom stereocenters. The molecular weight excluding hydrogens is 224 g/mol. The van der Waals surface area contributed by atoms with Gasteiger partial charge >= 0.3 is 0 Å². The van der Waals surface area contributed by atoms with E-state index in [0.29, 0.717) is 0 Å². The van der Waals surface area contributed by atoms with Crippen LogP contribution in [0, 0.1) is 5.92 Å². The lowest BCUT2D eigenvalue weighted by Crippen LogP contribution is -2.39. The van der Waals surface area contributed by atoms with Gasteiger partial charge in [0.25, 0.3) is 0 Å². The van der Waals surface area contributed by atoms with Gasteiger partial charge in [-0.05, 0) is 38.8 Å². The van der Waals surface area contributed by atoms with Crippen molar-refractivity contribution in [3.63, 3.8) is 0 Å². The lowest BCUT2D eigenvalue weighted by Gasteiger charge is -2.29. The van der Waals surface area contributed by atoms with Crippen LogP contribution in [0.15, 0.2) is 17.6 Å². The highest BCUT2D eigenvalue weighted by Gasteiger charge is 2.14. The minimum Gasteiger partial charge on any atom is -0.357 e. The van der Waals surface area contributed by atoms with Gasteiger partial charge in [-0.25, -0.2) is 0 Å². The highest BCUT2D eigenvalue weighted by Crippen LogP contribution is 2.15. The van der Waals surface area contributed by atoms with E-state index in [1.165, 1.54) is 25.9 Å². The number of piperidine rings is 1. The van der Waals surface area contributed by atoms with Crippen LogP contribution in [0.1, 0.15) is 26.7 Å². The van der Waals surface area contributed by atoms with E-state index in [-0.39, 0.29) is 0 Å². The Hall–Kier alpha value is -1.03. The van der Waals surface area contributed by atoms with Crippen LogP contribution in [-0.2, 0) is 0 Å². The first-order valence-corrected chi connectivity index (χ1v) is 7.11. The average molecular weight is 252 g/mol. The maximum Gasteiger partial charge on any atom is 0.191 e. The molecule has 1 heterocycles. The molecular formula is C14H28N4. The Morgan fingerprint density at radius 1 is 1.39 bits per heavy atom. The number of aliphatic imine (C=N–C) groups is 1. The Kier molecular flexibility index (Phi) is 7.49. The maximum absolute atomic E-state index is 4.57. The minimum absolute atomic E-state index is 0.757. The molecule has 4 nitrogen and oxygen atoms in total. The fraction of sp³-hybridized carbons (Fsp3) is 0.786. The Balaban J connectivity index is 2.24. The zero-order valence-electron chi connectivity index (χ0n) is 11.9. The van der Waals surface area contributed by atoms with Crippen molar-refractivity contribution in [2.45, 2.75) is 26.7 Å². The molecule has 0 unspecified atom stereocenters. The molecule has 1 fully saturated rings. The van der Waals surface area contributed by atoms with Gasteiger partial charge in [-0.1, -0.05) is 13.0 Å². The molecule has 1 aliphatic rings. The number of hydrogen-bond donors (Lipinski definition) is 2. The van der Waals surface area contributed by atoms with E-state index in [2.05, 4.69) is 41.0 Å². The Morgan fingerprint density at radius 2 is 2.11 bits per heavy atom. The summed E-state index contributed by atoms with van der Waals surface area (Å²) < 4.78 is 0. The highest BCUT2D eigenvalue weighted by atomic mass is 15.2. The molecule has 4 heteroatoms. The first-order valence-electron chi connectivity index (χ1n) is 7.11. The third kappa shape index (κ3) is 6.05. The van der Waals surface area contributed by atoms with E-state index in [1.54, 1.807) is 0 Å². The number of hydrogen-bond acceptors (Lipinski definition) is 2. The fourth-order valence-electron chi connectivity index (χ4n) is 2.10. The second-order valence-electron chi connectivity index (χ2n) is 4.95. The second kappa shape index (κ2) is 8.97. The standard InChI is InChI=1S/C14H28N4/c1-4-8-16-14(15-5-2)17-9-12-18-10-6-13(3)7-11-18/h4,13H,1,5-12H2,2-3H3,(H2,15,16,17). The van der Waals surface area contributed by atoms with Crippen LogP contribution in [0.5, 0.6) is 0 Å². The first-order chi connectivity index (χ1) is 8.76. The summed E-state index contributed by atoms with van der Waals surface area (Å²) >= 11 is 0. The van der Waals surface area contributed by atoms with Crippen molar-refractivity contribution in [2.75, 3.05) is 39.3 Å². The molecule has 0 amide bonds. The summed E-state index contributed by atoms with van der Waals surface area (Å²) in [7, 11) is 0. The van der Waals surface area contributed by atoms with E-state index in [0.717, 1.165) is 38.1 Å². The zero-order chi connectivity index (χ0) is 13.2. The van der Waals surface area contributed by atoms with Crippen molar-refractivity contribution in [1.29, 1.82) is 0 Å². The number of likely N-dealkylation sites (tertiary alicyclic amines) is 1. The van der Waals surface area contributed by atoms with Crippen molar-refractivity contribution in [1.82, 2.24) is 15.5 Å². The highest BCUT2D eigenvalue weighted by molar-refractivity contribution is 5.79. The summed E-state index contributed by atoms with van der Waals surface area (Å²) in [5.74, 6) is 1.79. The molecule has 1 rings (SSSR count).